The molecule has 0 bridgehead atoms. The highest BCUT2D eigenvalue weighted by atomic mass is 28.4. The van der Waals surface area contributed by atoms with Crippen LogP contribution >= 0.6 is 0 Å². The number of carbonyl (C=O) groups is 1. The SMILES string of the molecule is COC1(O[Si](C)(C)C)C=CC(C(=O)c2ccccc2[SiH](C)C)=CC1. The topological polar surface area (TPSA) is 35.5 Å². The average Bonchev–Trinajstić information content (AvgIpc) is 2.53. The van der Waals surface area contributed by atoms with Crippen LogP contribution in [0.4, 0.5) is 0 Å². The molecule has 1 unspecified atom stereocenters. The molecule has 2 rings (SSSR count). The third-order valence-corrected chi connectivity index (χ3v) is 6.74. The molecule has 3 nitrogen and oxygen atoms in total. The highest BCUT2D eigenvalue weighted by Gasteiger charge is 2.35. The van der Waals surface area contributed by atoms with Crippen LogP contribution in [0.3, 0.4) is 0 Å². The maximum Gasteiger partial charge on any atom is 0.192 e. The Balaban J connectivity index is 2.25. The van der Waals surface area contributed by atoms with Crippen molar-refractivity contribution >= 4 is 28.1 Å². The highest BCUT2D eigenvalue weighted by molar-refractivity contribution is 6.72. The molecular weight excluding hydrogens is 332 g/mol. The first-order valence-electron chi connectivity index (χ1n) is 8.46. The molecule has 1 aliphatic rings. The number of ketones is 1. The van der Waals surface area contributed by atoms with E-state index in [0.29, 0.717) is 6.42 Å². The number of carbonyl (C=O) groups excluding carboxylic acids is 1. The van der Waals surface area contributed by atoms with E-state index in [1.54, 1.807) is 7.11 Å². The summed E-state index contributed by atoms with van der Waals surface area (Å²) in [6.07, 6.45) is 6.26. The van der Waals surface area contributed by atoms with Crippen molar-refractivity contribution in [2.45, 2.75) is 44.9 Å². The van der Waals surface area contributed by atoms with Gasteiger partial charge in [0.15, 0.2) is 19.9 Å². The summed E-state index contributed by atoms with van der Waals surface area (Å²) in [4.78, 5) is 12.9. The smallest absolute Gasteiger partial charge is 0.192 e. The standard InChI is InChI=1S/C19H28O3Si2/c1-21-19(22-24(4,5)6)13-11-15(12-14-19)18(20)16-9-7-8-10-17(16)23(2)3/h7-13,23H,14H2,1-6H3. The van der Waals surface area contributed by atoms with Gasteiger partial charge in [-0.05, 0) is 25.7 Å². The van der Waals surface area contributed by atoms with Gasteiger partial charge in [0, 0.05) is 24.7 Å². The molecule has 24 heavy (non-hydrogen) atoms. The minimum Gasteiger partial charge on any atom is -0.388 e. The van der Waals surface area contributed by atoms with Crippen molar-refractivity contribution in [3.05, 3.63) is 53.6 Å². The maximum atomic E-state index is 12.9. The third-order valence-electron chi connectivity index (χ3n) is 4.04. The lowest BCUT2D eigenvalue weighted by Gasteiger charge is -2.36. The number of ether oxygens (including phenoxy) is 1. The Labute approximate surface area is 148 Å². The Morgan fingerprint density at radius 1 is 1.21 bits per heavy atom. The number of benzene rings is 1. The molecule has 130 valence electrons. The molecule has 0 amide bonds. The van der Waals surface area contributed by atoms with Crippen LogP contribution in [-0.4, -0.2) is 35.8 Å². The average molecular weight is 361 g/mol. The van der Waals surface area contributed by atoms with Gasteiger partial charge in [-0.15, -0.1) is 0 Å². The minimum absolute atomic E-state index is 0.0979. The van der Waals surface area contributed by atoms with E-state index in [1.165, 1.54) is 5.19 Å². The predicted octanol–water partition coefficient (Wildman–Crippen LogP) is 3.64. The monoisotopic (exact) mass is 360 g/mol. The first-order valence-corrected chi connectivity index (χ1v) is 14.8. The van der Waals surface area contributed by atoms with Crippen molar-refractivity contribution in [2.24, 2.45) is 0 Å². The summed E-state index contributed by atoms with van der Waals surface area (Å²) < 4.78 is 11.8. The zero-order chi connectivity index (χ0) is 18.0. The molecule has 0 aromatic heterocycles. The van der Waals surface area contributed by atoms with Gasteiger partial charge in [-0.3, -0.25) is 4.79 Å². The lowest BCUT2D eigenvalue weighted by atomic mass is 9.95. The van der Waals surface area contributed by atoms with Crippen LogP contribution in [0, 0.1) is 0 Å². The lowest BCUT2D eigenvalue weighted by molar-refractivity contribution is -0.128. The third kappa shape index (κ3) is 4.42. The van der Waals surface area contributed by atoms with Crippen molar-refractivity contribution in [1.29, 1.82) is 0 Å². The number of rotatable bonds is 6. The minimum atomic E-state index is -1.76. The number of hydrogen-bond donors (Lipinski definition) is 0. The van der Waals surface area contributed by atoms with Crippen molar-refractivity contribution in [3.63, 3.8) is 0 Å². The quantitative estimate of drug-likeness (QED) is 0.441. The van der Waals surface area contributed by atoms with Gasteiger partial charge in [-0.2, -0.15) is 0 Å². The molecule has 1 aliphatic carbocycles. The van der Waals surface area contributed by atoms with Crippen LogP contribution in [0.5, 0.6) is 0 Å². The normalized spacial score (nSPS) is 21.0. The fraction of sp³-hybridized carbons (Fsp3) is 0.421. The molecule has 0 aliphatic heterocycles. The fourth-order valence-electron chi connectivity index (χ4n) is 2.92. The van der Waals surface area contributed by atoms with Crippen molar-refractivity contribution in [1.82, 2.24) is 0 Å². The second-order valence-corrected chi connectivity index (χ2v) is 14.9. The first-order chi connectivity index (χ1) is 11.2. The van der Waals surface area contributed by atoms with Crippen LogP contribution in [-0.2, 0) is 9.16 Å². The summed E-state index contributed by atoms with van der Waals surface area (Å²) in [6, 6.07) is 7.98. The van der Waals surface area contributed by atoms with Crippen molar-refractivity contribution in [2.75, 3.05) is 7.11 Å². The molecule has 0 heterocycles. The largest absolute Gasteiger partial charge is 0.388 e. The molecular formula is C19H28O3Si2. The van der Waals surface area contributed by atoms with E-state index >= 15 is 0 Å². The molecule has 0 radical (unpaired) electrons. The fourth-order valence-corrected chi connectivity index (χ4v) is 5.54. The Bertz CT molecular complexity index is 671. The van der Waals surface area contributed by atoms with E-state index < -0.39 is 22.9 Å². The van der Waals surface area contributed by atoms with Gasteiger partial charge >= 0.3 is 0 Å². The van der Waals surface area contributed by atoms with E-state index in [2.05, 4.69) is 38.8 Å². The Kier molecular flexibility index (Phi) is 5.80. The summed E-state index contributed by atoms with van der Waals surface area (Å²) in [5, 5.41) is 1.22. The van der Waals surface area contributed by atoms with Gasteiger partial charge in [0.05, 0.1) is 8.80 Å². The van der Waals surface area contributed by atoms with Crippen LogP contribution in [0.15, 0.2) is 48.1 Å². The first kappa shape index (κ1) is 19.1. The van der Waals surface area contributed by atoms with Gasteiger partial charge in [0.25, 0.3) is 0 Å². The summed E-state index contributed by atoms with van der Waals surface area (Å²) in [5.74, 6) is -0.638. The second-order valence-electron chi connectivity index (χ2n) is 7.50. The summed E-state index contributed by atoms with van der Waals surface area (Å²) in [5.41, 5.74) is 1.56. The van der Waals surface area contributed by atoms with E-state index in [1.807, 2.05) is 36.4 Å². The Hall–Kier alpha value is -1.28. The van der Waals surface area contributed by atoms with E-state index in [9.17, 15) is 4.79 Å². The van der Waals surface area contributed by atoms with E-state index in [0.717, 1.165) is 11.1 Å². The molecule has 0 spiro atoms. The van der Waals surface area contributed by atoms with Crippen LogP contribution in [0.1, 0.15) is 16.8 Å². The molecule has 0 saturated carbocycles. The van der Waals surface area contributed by atoms with Gasteiger partial charge in [0.2, 0.25) is 0 Å². The highest BCUT2D eigenvalue weighted by Crippen LogP contribution is 2.30. The lowest BCUT2D eigenvalue weighted by Crippen LogP contribution is -2.43. The summed E-state index contributed by atoms with van der Waals surface area (Å²) in [6.45, 7) is 10.9. The zero-order valence-electron chi connectivity index (χ0n) is 15.6. The molecule has 1 atom stereocenters. The van der Waals surface area contributed by atoms with E-state index in [-0.39, 0.29) is 5.78 Å². The van der Waals surface area contributed by atoms with Gasteiger partial charge in [-0.1, -0.05) is 54.7 Å². The summed E-state index contributed by atoms with van der Waals surface area (Å²) >= 11 is 0. The number of methoxy groups -OCH3 is 1. The predicted molar refractivity (Wildman–Crippen MR) is 105 cm³/mol. The van der Waals surface area contributed by atoms with Crippen molar-refractivity contribution in [3.8, 4) is 0 Å². The van der Waals surface area contributed by atoms with Gasteiger partial charge in [0.1, 0.15) is 0 Å². The van der Waals surface area contributed by atoms with Gasteiger partial charge in [-0.25, -0.2) is 0 Å². The number of allylic oxidation sites excluding steroid dienone is 2. The zero-order valence-corrected chi connectivity index (χ0v) is 17.7. The Morgan fingerprint density at radius 2 is 1.88 bits per heavy atom. The molecule has 0 N–H and O–H groups in total. The number of hydrogen-bond acceptors (Lipinski definition) is 3. The van der Waals surface area contributed by atoms with E-state index in [4.69, 9.17) is 9.16 Å². The Morgan fingerprint density at radius 3 is 2.38 bits per heavy atom. The molecule has 0 fully saturated rings. The van der Waals surface area contributed by atoms with Crippen LogP contribution in [0.2, 0.25) is 32.7 Å². The van der Waals surface area contributed by atoms with Gasteiger partial charge < -0.3 is 9.16 Å². The molecule has 5 heteroatoms. The van der Waals surface area contributed by atoms with Crippen LogP contribution in [0.25, 0.3) is 0 Å². The van der Waals surface area contributed by atoms with Crippen LogP contribution < -0.4 is 5.19 Å². The summed E-state index contributed by atoms with van der Waals surface area (Å²) in [7, 11) is -1.16. The maximum absolute atomic E-state index is 12.9. The second kappa shape index (κ2) is 7.31. The molecule has 1 aromatic rings. The molecule has 1 aromatic carbocycles. The van der Waals surface area contributed by atoms with Crippen molar-refractivity contribution < 1.29 is 14.0 Å². The molecule has 0 saturated heterocycles. The number of Topliss-reactive ketones (excluding diaryl/α,β-unsaturated/α-hetero) is 1.